The topological polar surface area (TPSA) is 82.8 Å². The van der Waals surface area contributed by atoms with E-state index in [0.29, 0.717) is 25.2 Å². The van der Waals surface area contributed by atoms with E-state index in [4.69, 9.17) is 4.74 Å². The standard InChI is InChI=1S/C30H35NO4/c1-4-26(29(33)20-35-19-23-10-6-5-7-11-23)28(32)14-13-25(27-12-8-9-15-31-27)18-24-16-21(2)30(34)22(3)17-24/h4-12,15-18,26,28-29,32-34H,1,13-14,19-20H2,2-3H3/b25-18-/t26-,28-,29-/m1/s1. The van der Waals surface area contributed by atoms with Gasteiger partial charge in [0, 0.05) is 12.1 Å². The molecule has 3 atom stereocenters. The van der Waals surface area contributed by atoms with Gasteiger partial charge in [0.25, 0.3) is 0 Å². The fourth-order valence-corrected chi connectivity index (χ4v) is 4.15. The zero-order valence-electron chi connectivity index (χ0n) is 20.5. The highest BCUT2D eigenvalue weighted by Gasteiger charge is 2.25. The minimum Gasteiger partial charge on any atom is -0.507 e. The number of allylic oxidation sites excluding steroid dienone is 1. The maximum atomic E-state index is 10.9. The largest absolute Gasteiger partial charge is 0.507 e. The third-order valence-electron chi connectivity index (χ3n) is 6.12. The van der Waals surface area contributed by atoms with Gasteiger partial charge in [0.2, 0.25) is 0 Å². The number of phenols is 1. The van der Waals surface area contributed by atoms with Crippen molar-refractivity contribution < 1.29 is 20.1 Å². The number of aromatic hydroxyl groups is 1. The lowest BCUT2D eigenvalue weighted by atomic mass is 9.90. The number of aromatic nitrogens is 1. The quantitative estimate of drug-likeness (QED) is 0.304. The van der Waals surface area contributed by atoms with Gasteiger partial charge in [-0.25, -0.2) is 0 Å². The monoisotopic (exact) mass is 473 g/mol. The molecule has 1 heterocycles. The first-order chi connectivity index (χ1) is 16.9. The van der Waals surface area contributed by atoms with Gasteiger partial charge in [0.1, 0.15) is 5.75 Å². The van der Waals surface area contributed by atoms with E-state index in [1.54, 1.807) is 12.3 Å². The Morgan fingerprint density at radius 2 is 1.69 bits per heavy atom. The molecule has 35 heavy (non-hydrogen) atoms. The number of hydrogen-bond acceptors (Lipinski definition) is 5. The highest BCUT2D eigenvalue weighted by molar-refractivity contribution is 5.80. The number of phenolic OH excluding ortho intramolecular Hbond substituents is 1. The highest BCUT2D eigenvalue weighted by Crippen LogP contribution is 2.28. The second-order valence-corrected chi connectivity index (χ2v) is 8.88. The van der Waals surface area contributed by atoms with Gasteiger partial charge < -0.3 is 20.1 Å². The second-order valence-electron chi connectivity index (χ2n) is 8.88. The normalized spacial score (nSPS) is 14.3. The van der Waals surface area contributed by atoms with Gasteiger partial charge in [0.05, 0.1) is 31.1 Å². The fraction of sp³-hybridized carbons (Fsp3) is 0.300. The Labute approximate surface area is 208 Å². The molecule has 0 spiro atoms. The Balaban J connectivity index is 1.68. The van der Waals surface area contributed by atoms with E-state index in [1.807, 2.05) is 80.6 Å². The van der Waals surface area contributed by atoms with E-state index in [0.717, 1.165) is 33.5 Å². The number of rotatable bonds is 12. The average Bonchev–Trinajstić information content (AvgIpc) is 2.86. The highest BCUT2D eigenvalue weighted by atomic mass is 16.5. The summed E-state index contributed by atoms with van der Waals surface area (Å²) >= 11 is 0. The average molecular weight is 474 g/mol. The summed E-state index contributed by atoms with van der Waals surface area (Å²) in [6, 6.07) is 19.4. The molecule has 5 nitrogen and oxygen atoms in total. The van der Waals surface area contributed by atoms with Crippen LogP contribution in [0, 0.1) is 19.8 Å². The summed E-state index contributed by atoms with van der Waals surface area (Å²) in [4.78, 5) is 4.50. The predicted octanol–water partition coefficient (Wildman–Crippen LogP) is 5.47. The van der Waals surface area contributed by atoms with Crippen molar-refractivity contribution in [3.8, 4) is 5.75 Å². The minimum absolute atomic E-state index is 0.109. The molecule has 0 saturated heterocycles. The number of hydrogen-bond donors (Lipinski definition) is 3. The molecule has 0 aliphatic heterocycles. The molecule has 184 valence electrons. The maximum Gasteiger partial charge on any atom is 0.121 e. The molecule has 2 aromatic carbocycles. The Morgan fingerprint density at radius 1 is 1.00 bits per heavy atom. The van der Waals surface area contributed by atoms with Crippen LogP contribution in [0.15, 0.2) is 79.5 Å². The molecule has 3 aromatic rings. The molecular weight excluding hydrogens is 438 g/mol. The van der Waals surface area contributed by atoms with Gasteiger partial charge in [-0.05, 0) is 84.9 Å². The molecule has 0 amide bonds. The van der Waals surface area contributed by atoms with Crippen molar-refractivity contribution >= 4 is 11.6 Å². The summed E-state index contributed by atoms with van der Waals surface area (Å²) in [5, 5.41) is 31.7. The van der Waals surface area contributed by atoms with Gasteiger partial charge in [-0.3, -0.25) is 4.98 Å². The molecule has 0 unspecified atom stereocenters. The molecule has 0 saturated carbocycles. The summed E-state index contributed by atoms with van der Waals surface area (Å²) in [7, 11) is 0. The van der Waals surface area contributed by atoms with Crippen LogP contribution in [0.1, 0.15) is 40.8 Å². The van der Waals surface area contributed by atoms with Crippen LogP contribution in [0.4, 0.5) is 0 Å². The number of benzene rings is 2. The van der Waals surface area contributed by atoms with E-state index >= 15 is 0 Å². The van der Waals surface area contributed by atoms with Crippen LogP contribution in [0.25, 0.3) is 11.6 Å². The van der Waals surface area contributed by atoms with Crippen LogP contribution in [0.3, 0.4) is 0 Å². The van der Waals surface area contributed by atoms with Gasteiger partial charge in [0.15, 0.2) is 0 Å². The van der Waals surface area contributed by atoms with E-state index in [-0.39, 0.29) is 6.61 Å². The van der Waals surface area contributed by atoms with Gasteiger partial charge in [-0.2, -0.15) is 0 Å². The first-order valence-corrected chi connectivity index (χ1v) is 11.9. The molecular formula is C30H35NO4. The van der Waals surface area contributed by atoms with Crippen LogP contribution in [-0.2, 0) is 11.3 Å². The van der Waals surface area contributed by atoms with Crippen LogP contribution in [0.5, 0.6) is 5.75 Å². The zero-order valence-corrected chi connectivity index (χ0v) is 20.5. The molecule has 3 rings (SSSR count). The molecule has 0 fully saturated rings. The Kier molecular flexibility index (Phi) is 9.79. The Morgan fingerprint density at radius 3 is 2.31 bits per heavy atom. The molecule has 0 bridgehead atoms. The van der Waals surface area contributed by atoms with Crippen molar-refractivity contribution in [1.82, 2.24) is 4.98 Å². The molecule has 3 N–H and O–H groups in total. The Bertz CT molecular complexity index is 1090. The predicted molar refractivity (Wildman–Crippen MR) is 141 cm³/mol. The third-order valence-corrected chi connectivity index (χ3v) is 6.12. The maximum absolute atomic E-state index is 10.9. The van der Waals surface area contributed by atoms with Crippen LogP contribution in [-0.4, -0.2) is 39.1 Å². The number of ether oxygens (including phenoxy) is 1. The van der Waals surface area contributed by atoms with Crippen molar-refractivity contribution in [1.29, 1.82) is 0 Å². The molecule has 1 aromatic heterocycles. The molecule has 0 aliphatic carbocycles. The fourth-order valence-electron chi connectivity index (χ4n) is 4.15. The summed E-state index contributed by atoms with van der Waals surface area (Å²) in [5.74, 6) is -0.219. The molecule has 0 aliphatic rings. The first-order valence-electron chi connectivity index (χ1n) is 11.9. The summed E-state index contributed by atoms with van der Waals surface area (Å²) in [5.41, 5.74) is 5.39. The summed E-state index contributed by atoms with van der Waals surface area (Å²) < 4.78 is 5.67. The van der Waals surface area contributed by atoms with Gasteiger partial charge in [-0.15, -0.1) is 6.58 Å². The van der Waals surface area contributed by atoms with Crippen LogP contribution >= 0.6 is 0 Å². The summed E-state index contributed by atoms with van der Waals surface area (Å²) in [6.45, 7) is 8.08. The lowest BCUT2D eigenvalue weighted by Crippen LogP contribution is -2.33. The van der Waals surface area contributed by atoms with Crippen molar-refractivity contribution in [3.05, 3.63) is 107 Å². The van der Waals surface area contributed by atoms with Crippen LogP contribution < -0.4 is 0 Å². The number of aryl methyl sites for hydroxylation is 2. The zero-order chi connectivity index (χ0) is 25.2. The molecule has 5 heteroatoms. The third kappa shape index (κ3) is 7.62. The SMILES string of the molecule is C=C[C@H]([C@H](O)CC/C(=C/c1cc(C)c(O)c(C)c1)c1ccccn1)[C@H](O)COCc1ccccc1. The second kappa shape index (κ2) is 13.0. The lowest BCUT2D eigenvalue weighted by Gasteiger charge is -2.25. The van der Waals surface area contributed by atoms with Gasteiger partial charge >= 0.3 is 0 Å². The van der Waals surface area contributed by atoms with E-state index in [2.05, 4.69) is 11.6 Å². The number of aliphatic hydroxyl groups excluding tert-OH is 2. The van der Waals surface area contributed by atoms with Crippen molar-refractivity contribution in [2.45, 2.75) is 45.5 Å². The van der Waals surface area contributed by atoms with Crippen LogP contribution in [0.2, 0.25) is 0 Å². The van der Waals surface area contributed by atoms with Crippen molar-refractivity contribution in [2.24, 2.45) is 5.92 Å². The lowest BCUT2D eigenvalue weighted by molar-refractivity contribution is -0.0270. The first kappa shape index (κ1) is 26.4. The molecule has 0 radical (unpaired) electrons. The number of nitrogens with zero attached hydrogens (tertiary/aromatic N) is 1. The minimum atomic E-state index is -0.865. The van der Waals surface area contributed by atoms with E-state index in [1.165, 1.54) is 0 Å². The smallest absolute Gasteiger partial charge is 0.121 e. The van der Waals surface area contributed by atoms with Crippen molar-refractivity contribution in [2.75, 3.05) is 6.61 Å². The van der Waals surface area contributed by atoms with Gasteiger partial charge in [-0.1, -0.05) is 42.5 Å². The number of pyridine rings is 1. The Hall–Kier alpha value is -3.25. The van der Waals surface area contributed by atoms with E-state index < -0.39 is 18.1 Å². The summed E-state index contributed by atoms with van der Waals surface area (Å²) in [6.07, 6.45) is 4.70. The number of aliphatic hydroxyl groups is 2. The van der Waals surface area contributed by atoms with E-state index in [9.17, 15) is 15.3 Å². The van der Waals surface area contributed by atoms with Crippen molar-refractivity contribution in [3.63, 3.8) is 0 Å².